The highest BCUT2D eigenvalue weighted by Crippen LogP contribution is 2.22. The van der Waals surface area contributed by atoms with Gasteiger partial charge in [0.05, 0.1) is 11.4 Å². The van der Waals surface area contributed by atoms with E-state index in [9.17, 15) is 4.79 Å². The SMILES string of the molecule is Cc1nn(-c2ccccc2)c(C)c1CN1CCN(C(=O)COc2ccc3ccccc3c2)CC1. The number of carbonyl (C=O) groups excluding carboxylic acids is 1. The Bertz CT molecular complexity index is 1290. The highest BCUT2D eigenvalue weighted by Gasteiger charge is 2.23. The van der Waals surface area contributed by atoms with Gasteiger partial charge in [0.1, 0.15) is 5.75 Å². The van der Waals surface area contributed by atoms with Gasteiger partial charge >= 0.3 is 0 Å². The molecule has 0 unspecified atom stereocenters. The number of rotatable bonds is 6. The lowest BCUT2D eigenvalue weighted by Gasteiger charge is -2.34. The number of amides is 1. The highest BCUT2D eigenvalue weighted by atomic mass is 16.5. The summed E-state index contributed by atoms with van der Waals surface area (Å²) in [6, 6.07) is 24.3. The van der Waals surface area contributed by atoms with Crippen molar-refractivity contribution in [3.63, 3.8) is 0 Å². The average Bonchev–Trinajstić information content (AvgIpc) is 3.16. The molecular formula is C28H30N4O2. The summed E-state index contributed by atoms with van der Waals surface area (Å²) in [5.74, 6) is 0.768. The Morgan fingerprint density at radius 3 is 2.35 bits per heavy atom. The first kappa shape index (κ1) is 22.2. The van der Waals surface area contributed by atoms with Crippen molar-refractivity contribution in [2.75, 3.05) is 32.8 Å². The van der Waals surface area contributed by atoms with Crippen LogP contribution in [0.25, 0.3) is 16.5 Å². The standard InChI is InChI=1S/C28H30N4O2/c1-21-27(22(2)32(29-21)25-10-4-3-5-11-25)19-30-14-16-31(17-15-30)28(33)20-34-26-13-12-23-8-6-7-9-24(23)18-26/h3-13,18H,14-17,19-20H2,1-2H3. The second kappa shape index (κ2) is 9.69. The van der Waals surface area contributed by atoms with E-state index >= 15 is 0 Å². The van der Waals surface area contributed by atoms with Crippen molar-refractivity contribution in [3.8, 4) is 11.4 Å². The Kier molecular flexibility index (Phi) is 6.32. The maximum Gasteiger partial charge on any atom is 0.260 e. The van der Waals surface area contributed by atoms with Gasteiger partial charge in [0.25, 0.3) is 5.91 Å². The van der Waals surface area contributed by atoms with Crippen LogP contribution in [0, 0.1) is 13.8 Å². The van der Waals surface area contributed by atoms with E-state index in [0.717, 1.165) is 47.5 Å². The second-order valence-electron chi connectivity index (χ2n) is 8.85. The van der Waals surface area contributed by atoms with Crippen molar-refractivity contribution in [2.24, 2.45) is 0 Å². The zero-order valence-electron chi connectivity index (χ0n) is 19.8. The van der Waals surface area contributed by atoms with Gasteiger partial charge in [0.2, 0.25) is 0 Å². The molecule has 1 amide bonds. The molecule has 4 aromatic rings. The number of benzene rings is 3. The quantitative estimate of drug-likeness (QED) is 0.434. The zero-order chi connectivity index (χ0) is 23.5. The molecule has 1 aliphatic heterocycles. The summed E-state index contributed by atoms with van der Waals surface area (Å²) in [7, 11) is 0. The van der Waals surface area contributed by atoms with Crippen LogP contribution >= 0.6 is 0 Å². The molecule has 0 atom stereocenters. The lowest BCUT2D eigenvalue weighted by molar-refractivity contribution is -0.135. The Morgan fingerprint density at radius 1 is 0.882 bits per heavy atom. The van der Waals surface area contributed by atoms with E-state index in [2.05, 4.69) is 43.0 Å². The largest absolute Gasteiger partial charge is 0.484 e. The van der Waals surface area contributed by atoms with Gasteiger partial charge in [0, 0.05) is 44.0 Å². The number of hydrogen-bond donors (Lipinski definition) is 0. The van der Waals surface area contributed by atoms with Crippen molar-refractivity contribution in [3.05, 3.63) is 89.7 Å². The molecule has 2 heterocycles. The number of hydrogen-bond acceptors (Lipinski definition) is 4. The van der Waals surface area contributed by atoms with Gasteiger partial charge in [-0.25, -0.2) is 4.68 Å². The van der Waals surface area contributed by atoms with Crippen LogP contribution < -0.4 is 4.74 Å². The third kappa shape index (κ3) is 4.68. The fourth-order valence-corrected chi connectivity index (χ4v) is 4.60. The fraction of sp³-hybridized carbons (Fsp3) is 0.286. The Hall–Kier alpha value is -3.64. The lowest BCUT2D eigenvalue weighted by Crippen LogP contribution is -2.49. The number of nitrogens with zero attached hydrogens (tertiary/aromatic N) is 4. The molecule has 1 fully saturated rings. The van der Waals surface area contributed by atoms with E-state index in [4.69, 9.17) is 9.84 Å². The van der Waals surface area contributed by atoms with Crippen LogP contribution in [0.5, 0.6) is 5.75 Å². The number of fused-ring (bicyclic) bond motifs is 1. The molecule has 6 heteroatoms. The predicted octanol–water partition coefficient (Wildman–Crippen LogP) is 4.37. The maximum atomic E-state index is 12.7. The van der Waals surface area contributed by atoms with E-state index in [1.165, 1.54) is 11.3 Å². The van der Waals surface area contributed by atoms with E-state index in [-0.39, 0.29) is 12.5 Å². The summed E-state index contributed by atoms with van der Waals surface area (Å²) >= 11 is 0. The van der Waals surface area contributed by atoms with Crippen molar-refractivity contribution >= 4 is 16.7 Å². The first-order valence-corrected chi connectivity index (χ1v) is 11.8. The smallest absolute Gasteiger partial charge is 0.260 e. The second-order valence-corrected chi connectivity index (χ2v) is 8.85. The molecule has 0 spiro atoms. The van der Waals surface area contributed by atoms with E-state index < -0.39 is 0 Å². The van der Waals surface area contributed by atoms with Gasteiger partial charge in [-0.15, -0.1) is 0 Å². The summed E-state index contributed by atoms with van der Waals surface area (Å²) in [5, 5.41) is 7.05. The Balaban J connectivity index is 1.15. The minimum atomic E-state index is 0.0390. The van der Waals surface area contributed by atoms with Crippen LogP contribution in [0.1, 0.15) is 17.0 Å². The van der Waals surface area contributed by atoms with E-state index in [1.54, 1.807) is 0 Å². The molecule has 174 valence electrons. The number of para-hydroxylation sites is 1. The first-order valence-electron chi connectivity index (χ1n) is 11.8. The van der Waals surface area contributed by atoms with Crippen LogP contribution in [0.2, 0.25) is 0 Å². The van der Waals surface area contributed by atoms with Crippen LogP contribution in [-0.2, 0) is 11.3 Å². The molecular weight excluding hydrogens is 424 g/mol. The topological polar surface area (TPSA) is 50.6 Å². The normalized spacial score (nSPS) is 14.5. The Labute approximate surface area is 200 Å². The predicted molar refractivity (Wildman–Crippen MR) is 134 cm³/mol. The lowest BCUT2D eigenvalue weighted by atomic mass is 10.1. The number of carbonyl (C=O) groups is 1. The third-order valence-electron chi connectivity index (χ3n) is 6.63. The van der Waals surface area contributed by atoms with Gasteiger partial charge in [-0.1, -0.05) is 48.5 Å². The molecule has 1 aromatic heterocycles. The van der Waals surface area contributed by atoms with Gasteiger partial charge in [-0.3, -0.25) is 9.69 Å². The fourth-order valence-electron chi connectivity index (χ4n) is 4.60. The third-order valence-corrected chi connectivity index (χ3v) is 6.63. The molecule has 1 saturated heterocycles. The monoisotopic (exact) mass is 454 g/mol. The first-order chi connectivity index (χ1) is 16.6. The minimum Gasteiger partial charge on any atom is -0.484 e. The van der Waals surface area contributed by atoms with Crippen molar-refractivity contribution < 1.29 is 9.53 Å². The molecule has 0 radical (unpaired) electrons. The highest BCUT2D eigenvalue weighted by molar-refractivity contribution is 5.84. The van der Waals surface area contributed by atoms with Gasteiger partial charge < -0.3 is 9.64 Å². The Morgan fingerprint density at radius 2 is 1.59 bits per heavy atom. The van der Waals surface area contributed by atoms with Crippen molar-refractivity contribution in [2.45, 2.75) is 20.4 Å². The van der Waals surface area contributed by atoms with Gasteiger partial charge in [-0.05, 0) is 48.9 Å². The molecule has 3 aromatic carbocycles. The average molecular weight is 455 g/mol. The number of piperazine rings is 1. The molecule has 0 bridgehead atoms. The number of ether oxygens (including phenoxy) is 1. The van der Waals surface area contributed by atoms with Crippen LogP contribution in [0.4, 0.5) is 0 Å². The van der Waals surface area contributed by atoms with Crippen molar-refractivity contribution in [1.29, 1.82) is 0 Å². The molecule has 34 heavy (non-hydrogen) atoms. The van der Waals surface area contributed by atoms with Gasteiger partial charge in [-0.2, -0.15) is 5.10 Å². The zero-order valence-corrected chi connectivity index (χ0v) is 19.8. The van der Waals surface area contributed by atoms with Gasteiger partial charge in [0.15, 0.2) is 6.61 Å². The number of aromatic nitrogens is 2. The molecule has 0 saturated carbocycles. The maximum absolute atomic E-state index is 12.7. The molecule has 0 N–H and O–H groups in total. The molecule has 0 aliphatic carbocycles. The summed E-state index contributed by atoms with van der Waals surface area (Å²) in [5.41, 5.74) is 4.58. The minimum absolute atomic E-state index is 0.0390. The molecule has 5 rings (SSSR count). The molecule has 1 aliphatic rings. The summed E-state index contributed by atoms with van der Waals surface area (Å²) in [4.78, 5) is 17.0. The summed E-state index contributed by atoms with van der Waals surface area (Å²) in [6.07, 6.45) is 0. The van der Waals surface area contributed by atoms with Crippen LogP contribution in [-0.4, -0.2) is 58.3 Å². The van der Waals surface area contributed by atoms with E-state index in [0.29, 0.717) is 13.1 Å². The van der Waals surface area contributed by atoms with E-state index in [1.807, 2.05) is 58.1 Å². The number of aryl methyl sites for hydroxylation is 1. The summed E-state index contributed by atoms with van der Waals surface area (Å²) < 4.78 is 7.83. The van der Waals surface area contributed by atoms with Crippen LogP contribution in [0.3, 0.4) is 0 Å². The summed E-state index contributed by atoms with van der Waals surface area (Å²) in [6.45, 7) is 8.24. The molecule has 6 nitrogen and oxygen atoms in total. The van der Waals surface area contributed by atoms with Crippen molar-refractivity contribution in [1.82, 2.24) is 19.6 Å². The van der Waals surface area contributed by atoms with Crippen LogP contribution in [0.15, 0.2) is 72.8 Å².